The van der Waals surface area contributed by atoms with E-state index in [1.165, 1.54) is 6.08 Å². The van der Waals surface area contributed by atoms with E-state index in [4.69, 9.17) is 4.42 Å². The topological polar surface area (TPSA) is 65.8 Å². The van der Waals surface area contributed by atoms with Gasteiger partial charge in [0.25, 0.3) is 5.91 Å². The zero-order valence-corrected chi connectivity index (χ0v) is 17.5. The molecular formula is C25H25N3O3. The monoisotopic (exact) mass is 415 g/mol. The molecule has 158 valence electrons. The van der Waals surface area contributed by atoms with E-state index in [1.54, 1.807) is 24.5 Å². The first-order valence-electron chi connectivity index (χ1n) is 10.3. The average Bonchev–Trinajstić information content (AvgIpc) is 3.32. The molecule has 0 atom stereocenters. The van der Waals surface area contributed by atoms with Crippen molar-refractivity contribution in [1.82, 2.24) is 4.90 Å². The van der Waals surface area contributed by atoms with Gasteiger partial charge in [-0.2, -0.15) is 0 Å². The number of carbonyl (C=O) groups is 2. The quantitative estimate of drug-likeness (QED) is 0.634. The van der Waals surface area contributed by atoms with E-state index < -0.39 is 0 Å². The molecule has 2 aromatic carbocycles. The van der Waals surface area contributed by atoms with E-state index in [2.05, 4.69) is 10.2 Å². The van der Waals surface area contributed by atoms with Gasteiger partial charge in [0.15, 0.2) is 0 Å². The van der Waals surface area contributed by atoms with E-state index in [0.717, 1.165) is 35.6 Å². The molecule has 0 spiro atoms. The summed E-state index contributed by atoms with van der Waals surface area (Å²) in [4.78, 5) is 29.0. The lowest BCUT2D eigenvalue weighted by Crippen LogP contribution is -2.48. The van der Waals surface area contributed by atoms with Crippen LogP contribution in [0.5, 0.6) is 0 Å². The van der Waals surface area contributed by atoms with Crippen molar-refractivity contribution in [2.75, 3.05) is 36.4 Å². The predicted molar refractivity (Wildman–Crippen MR) is 122 cm³/mol. The van der Waals surface area contributed by atoms with Gasteiger partial charge in [-0.15, -0.1) is 0 Å². The minimum Gasteiger partial charge on any atom is -0.465 e. The van der Waals surface area contributed by atoms with Gasteiger partial charge >= 0.3 is 0 Å². The fourth-order valence-corrected chi connectivity index (χ4v) is 3.63. The molecule has 0 unspecified atom stereocenters. The van der Waals surface area contributed by atoms with Crippen LogP contribution >= 0.6 is 0 Å². The van der Waals surface area contributed by atoms with E-state index in [-0.39, 0.29) is 11.8 Å². The molecule has 1 saturated heterocycles. The van der Waals surface area contributed by atoms with Crippen molar-refractivity contribution in [3.8, 4) is 0 Å². The average molecular weight is 415 g/mol. The van der Waals surface area contributed by atoms with Gasteiger partial charge in [-0.1, -0.05) is 18.2 Å². The number of benzene rings is 2. The Morgan fingerprint density at radius 2 is 1.68 bits per heavy atom. The minimum atomic E-state index is -0.215. The first kappa shape index (κ1) is 20.5. The number of nitrogens with zero attached hydrogens (tertiary/aromatic N) is 2. The molecule has 0 bridgehead atoms. The van der Waals surface area contributed by atoms with Crippen LogP contribution in [-0.2, 0) is 4.79 Å². The molecular weight excluding hydrogens is 390 g/mol. The smallest absolute Gasteiger partial charge is 0.254 e. The van der Waals surface area contributed by atoms with Crippen LogP contribution in [0.25, 0.3) is 6.08 Å². The van der Waals surface area contributed by atoms with E-state index >= 15 is 0 Å². The molecule has 4 rings (SSSR count). The zero-order chi connectivity index (χ0) is 21.6. The maximum Gasteiger partial charge on any atom is 0.254 e. The van der Waals surface area contributed by atoms with Crippen LogP contribution in [0.4, 0.5) is 11.4 Å². The maximum atomic E-state index is 12.8. The minimum absolute atomic E-state index is 0.0958. The summed E-state index contributed by atoms with van der Waals surface area (Å²) in [5.74, 6) is 0.511. The predicted octanol–water partition coefficient (Wildman–Crippen LogP) is 4.20. The van der Waals surface area contributed by atoms with Gasteiger partial charge < -0.3 is 19.5 Å². The van der Waals surface area contributed by atoms with Crippen molar-refractivity contribution in [3.63, 3.8) is 0 Å². The second kappa shape index (κ2) is 9.34. The number of rotatable bonds is 5. The number of nitrogens with one attached hydrogen (secondary N) is 1. The number of aryl methyl sites for hydroxylation is 1. The third-order valence-corrected chi connectivity index (χ3v) is 5.38. The first-order chi connectivity index (χ1) is 15.1. The number of carbonyl (C=O) groups excluding carboxylic acids is 2. The van der Waals surface area contributed by atoms with Crippen LogP contribution in [0.15, 0.2) is 77.4 Å². The Hall–Kier alpha value is -3.80. The lowest BCUT2D eigenvalue weighted by Gasteiger charge is -2.36. The number of furan rings is 1. The summed E-state index contributed by atoms with van der Waals surface area (Å²) in [6.07, 6.45) is 4.63. The van der Waals surface area contributed by atoms with Crippen LogP contribution < -0.4 is 10.2 Å². The number of hydrogen-bond acceptors (Lipinski definition) is 4. The van der Waals surface area contributed by atoms with Crippen molar-refractivity contribution in [3.05, 3.63) is 89.9 Å². The Kier molecular flexibility index (Phi) is 6.17. The molecule has 1 N–H and O–H groups in total. The van der Waals surface area contributed by atoms with Gasteiger partial charge in [-0.25, -0.2) is 0 Å². The Balaban J connectivity index is 1.30. The van der Waals surface area contributed by atoms with Crippen LogP contribution in [0, 0.1) is 6.92 Å². The molecule has 0 aliphatic carbocycles. The zero-order valence-electron chi connectivity index (χ0n) is 17.5. The summed E-state index contributed by atoms with van der Waals surface area (Å²) in [5, 5.41) is 2.84. The van der Waals surface area contributed by atoms with Crippen molar-refractivity contribution < 1.29 is 14.0 Å². The molecule has 6 nitrogen and oxygen atoms in total. The number of piperazine rings is 1. The van der Waals surface area contributed by atoms with E-state index in [0.29, 0.717) is 18.8 Å². The Morgan fingerprint density at radius 1 is 0.935 bits per heavy atom. The SMILES string of the molecule is Cc1ccccc1C(=O)N1CCN(c2ccc(NC(=O)C=Cc3ccco3)cc2)CC1. The lowest BCUT2D eigenvalue weighted by molar-refractivity contribution is -0.111. The summed E-state index contributed by atoms with van der Waals surface area (Å²) >= 11 is 0. The van der Waals surface area contributed by atoms with Crippen molar-refractivity contribution >= 4 is 29.3 Å². The third-order valence-electron chi connectivity index (χ3n) is 5.38. The molecule has 1 aliphatic heterocycles. The second-order valence-electron chi connectivity index (χ2n) is 7.48. The highest BCUT2D eigenvalue weighted by molar-refractivity contribution is 6.01. The molecule has 0 radical (unpaired) electrons. The Morgan fingerprint density at radius 3 is 2.35 bits per heavy atom. The van der Waals surface area contributed by atoms with Crippen LogP contribution in [0.3, 0.4) is 0 Å². The van der Waals surface area contributed by atoms with Gasteiger partial charge in [-0.3, -0.25) is 9.59 Å². The Labute approximate surface area is 181 Å². The normalized spacial score (nSPS) is 14.1. The first-order valence-corrected chi connectivity index (χ1v) is 10.3. The number of amides is 2. The van der Waals surface area contributed by atoms with Crippen molar-refractivity contribution in [1.29, 1.82) is 0 Å². The summed E-state index contributed by atoms with van der Waals surface area (Å²) in [5.41, 5.74) is 3.59. The largest absolute Gasteiger partial charge is 0.465 e. The van der Waals surface area contributed by atoms with E-state index in [9.17, 15) is 9.59 Å². The molecule has 31 heavy (non-hydrogen) atoms. The number of hydrogen-bond donors (Lipinski definition) is 1. The summed E-state index contributed by atoms with van der Waals surface area (Å²) < 4.78 is 5.17. The molecule has 0 saturated carbocycles. The van der Waals surface area contributed by atoms with E-state index in [1.807, 2.05) is 60.4 Å². The van der Waals surface area contributed by atoms with Crippen LogP contribution in [0.1, 0.15) is 21.7 Å². The fourth-order valence-electron chi connectivity index (χ4n) is 3.63. The van der Waals surface area contributed by atoms with Crippen molar-refractivity contribution in [2.45, 2.75) is 6.92 Å². The lowest BCUT2D eigenvalue weighted by atomic mass is 10.1. The van der Waals surface area contributed by atoms with Gasteiger partial charge in [0.05, 0.1) is 6.26 Å². The number of anilines is 2. The summed E-state index contributed by atoms with van der Waals surface area (Å²) in [6, 6.07) is 19.0. The molecule has 6 heteroatoms. The summed E-state index contributed by atoms with van der Waals surface area (Å²) in [7, 11) is 0. The van der Waals surface area contributed by atoms with Gasteiger partial charge in [0, 0.05) is 49.2 Å². The molecule has 3 aromatic rings. The maximum absolute atomic E-state index is 12.8. The molecule has 1 fully saturated rings. The highest BCUT2D eigenvalue weighted by Crippen LogP contribution is 2.21. The van der Waals surface area contributed by atoms with Crippen molar-refractivity contribution in [2.24, 2.45) is 0 Å². The molecule has 1 aliphatic rings. The molecule has 2 amide bonds. The third kappa shape index (κ3) is 5.04. The second-order valence-corrected chi connectivity index (χ2v) is 7.48. The van der Waals surface area contributed by atoms with Gasteiger partial charge in [0.1, 0.15) is 5.76 Å². The van der Waals surface area contributed by atoms with Crippen LogP contribution in [-0.4, -0.2) is 42.9 Å². The molecule has 2 heterocycles. The Bertz CT molecular complexity index is 1060. The van der Waals surface area contributed by atoms with Gasteiger partial charge in [0.2, 0.25) is 5.91 Å². The highest BCUT2D eigenvalue weighted by atomic mass is 16.3. The van der Waals surface area contributed by atoms with Crippen LogP contribution in [0.2, 0.25) is 0 Å². The molecule has 1 aromatic heterocycles. The highest BCUT2D eigenvalue weighted by Gasteiger charge is 2.23. The summed E-state index contributed by atoms with van der Waals surface area (Å²) in [6.45, 7) is 4.88. The fraction of sp³-hybridized carbons (Fsp3) is 0.200. The van der Waals surface area contributed by atoms with Gasteiger partial charge in [-0.05, 0) is 61.0 Å². The standard InChI is InChI=1S/C25H25N3O3/c1-19-5-2-3-7-23(19)25(30)28-16-14-27(15-17-28)21-10-8-20(9-11-21)26-24(29)13-12-22-6-4-18-31-22/h2-13,18H,14-17H2,1H3,(H,26,29).